The molecule has 138 valence electrons. The van der Waals surface area contributed by atoms with Crippen molar-refractivity contribution in [2.45, 2.75) is 43.9 Å². The van der Waals surface area contributed by atoms with E-state index < -0.39 is 0 Å². The number of hydrogen-bond acceptors (Lipinski definition) is 2. The third-order valence-corrected chi connectivity index (χ3v) is 5.23. The zero-order valence-corrected chi connectivity index (χ0v) is 15.1. The van der Waals surface area contributed by atoms with Crippen molar-refractivity contribution in [1.82, 2.24) is 10.3 Å². The highest BCUT2D eigenvalue weighted by molar-refractivity contribution is 5.77. The minimum atomic E-state index is -0.195. The monoisotopic (exact) mass is 354 g/mol. The molecule has 1 aromatic heterocycles. The molecule has 0 bridgehead atoms. The van der Waals surface area contributed by atoms with Crippen LogP contribution in [0.25, 0.3) is 0 Å². The summed E-state index contributed by atoms with van der Waals surface area (Å²) < 4.78 is 13.3. The molecule has 0 unspecified atom stereocenters. The number of guanidine groups is 1. The standard InChI is InChI=1S/C21H27FN4/c22-18-9-7-17(8-10-18)21(12-3-1-4-13-21)16-26-20(23)25-15-11-19-6-2-5-14-24-19/h2,5-10,14H,1,3-4,11-13,15-16H2,(H3,23,25,26). The van der Waals surface area contributed by atoms with E-state index >= 15 is 0 Å². The van der Waals surface area contributed by atoms with Crippen LogP contribution in [-0.4, -0.2) is 24.0 Å². The summed E-state index contributed by atoms with van der Waals surface area (Å²) in [4.78, 5) is 8.92. The van der Waals surface area contributed by atoms with Crippen LogP contribution in [0.15, 0.2) is 53.7 Å². The lowest BCUT2D eigenvalue weighted by Crippen LogP contribution is -2.37. The Morgan fingerprint density at radius 1 is 1.12 bits per heavy atom. The summed E-state index contributed by atoms with van der Waals surface area (Å²) in [7, 11) is 0. The predicted octanol–water partition coefficient (Wildman–Crippen LogP) is 3.57. The summed E-state index contributed by atoms with van der Waals surface area (Å²) in [6.45, 7) is 1.34. The topological polar surface area (TPSA) is 63.3 Å². The van der Waals surface area contributed by atoms with Gasteiger partial charge in [-0.1, -0.05) is 37.5 Å². The molecule has 1 aromatic carbocycles. The number of aliphatic imine (C=N–C) groups is 1. The number of hydrogen-bond donors (Lipinski definition) is 2. The number of benzene rings is 1. The number of pyridine rings is 1. The van der Waals surface area contributed by atoms with Crippen molar-refractivity contribution in [3.63, 3.8) is 0 Å². The van der Waals surface area contributed by atoms with E-state index in [0.717, 1.165) is 25.0 Å². The van der Waals surface area contributed by atoms with Crippen LogP contribution in [0.5, 0.6) is 0 Å². The Morgan fingerprint density at radius 2 is 1.88 bits per heavy atom. The predicted molar refractivity (Wildman–Crippen MR) is 104 cm³/mol. The van der Waals surface area contributed by atoms with Gasteiger partial charge in [0.05, 0.1) is 6.54 Å². The van der Waals surface area contributed by atoms with Crippen LogP contribution in [0.1, 0.15) is 43.4 Å². The Bertz CT molecular complexity index is 707. The largest absolute Gasteiger partial charge is 0.370 e. The molecule has 26 heavy (non-hydrogen) atoms. The van der Waals surface area contributed by atoms with Gasteiger partial charge in [-0.25, -0.2) is 4.39 Å². The molecule has 0 saturated heterocycles. The second-order valence-corrected chi connectivity index (χ2v) is 7.05. The Balaban J connectivity index is 1.61. The Kier molecular flexibility index (Phi) is 6.21. The molecule has 0 spiro atoms. The second-order valence-electron chi connectivity index (χ2n) is 7.05. The van der Waals surface area contributed by atoms with Crippen molar-refractivity contribution in [2.75, 3.05) is 13.1 Å². The number of halogens is 1. The van der Waals surface area contributed by atoms with Crippen molar-refractivity contribution < 1.29 is 4.39 Å². The summed E-state index contributed by atoms with van der Waals surface area (Å²) in [6, 6.07) is 12.8. The third-order valence-electron chi connectivity index (χ3n) is 5.23. The minimum absolute atomic E-state index is 0.0285. The summed E-state index contributed by atoms with van der Waals surface area (Å²) in [6.07, 6.45) is 8.36. The summed E-state index contributed by atoms with van der Waals surface area (Å²) in [5.74, 6) is 0.270. The molecule has 1 aliphatic carbocycles. The van der Waals surface area contributed by atoms with Gasteiger partial charge in [-0.3, -0.25) is 9.98 Å². The summed E-state index contributed by atoms with van der Waals surface area (Å²) >= 11 is 0. The van der Waals surface area contributed by atoms with E-state index in [0.29, 0.717) is 19.0 Å². The lowest BCUT2D eigenvalue weighted by Gasteiger charge is -2.36. The zero-order chi connectivity index (χ0) is 18.2. The fourth-order valence-electron chi connectivity index (χ4n) is 3.73. The highest BCUT2D eigenvalue weighted by Crippen LogP contribution is 2.39. The average molecular weight is 354 g/mol. The van der Waals surface area contributed by atoms with Crippen LogP contribution < -0.4 is 11.1 Å². The van der Waals surface area contributed by atoms with E-state index in [4.69, 9.17) is 5.73 Å². The van der Waals surface area contributed by atoms with Gasteiger partial charge in [-0.15, -0.1) is 0 Å². The number of nitrogens with zero attached hydrogens (tertiary/aromatic N) is 2. The van der Waals surface area contributed by atoms with E-state index in [2.05, 4.69) is 15.3 Å². The average Bonchev–Trinajstić information content (AvgIpc) is 2.68. The van der Waals surface area contributed by atoms with Crippen molar-refractivity contribution in [1.29, 1.82) is 0 Å². The normalized spacial score (nSPS) is 17.0. The molecule has 1 aliphatic rings. The zero-order valence-electron chi connectivity index (χ0n) is 15.1. The van der Waals surface area contributed by atoms with E-state index in [1.807, 2.05) is 30.3 Å². The molecular weight excluding hydrogens is 327 g/mol. The Labute approximate surface area is 154 Å². The molecule has 3 N–H and O–H groups in total. The van der Waals surface area contributed by atoms with E-state index in [1.165, 1.54) is 24.8 Å². The molecule has 0 atom stereocenters. The number of aromatic nitrogens is 1. The van der Waals surface area contributed by atoms with Gasteiger partial charge < -0.3 is 11.1 Å². The highest BCUT2D eigenvalue weighted by atomic mass is 19.1. The minimum Gasteiger partial charge on any atom is -0.370 e. The first kappa shape index (κ1) is 18.4. The first-order chi connectivity index (χ1) is 12.7. The van der Waals surface area contributed by atoms with E-state index in [-0.39, 0.29) is 11.2 Å². The smallest absolute Gasteiger partial charge is 0.188 e. The molecule has 2 aromatic rings. The molecule has 5 heteroatoms. The SMILES string of the molecule is NC(=NCC1(c2ccc(F)cc2)CCCCC1)NCCc1ccccn1. The van der Waals surface area contributed by atoms with Crippen molar-refractivity contribution in [3.8, 4) is 0 Å². The van der Waals surface area contributed by atoms with Gasteiger partial charge >= 0.3 is 0 Å². The third kappa shape index (κ3) is 4.81. The molecule has 0 amide bonds. The van der Waals surface area contributed by atoms with Crippen molar-refractivity contribution >= 4 is 5.96 Å². The van der Waals surface area contributed by atoms with Crippen LogP contribution >= 0.6 is 0 Å². The quantitative estimate of drug-likeness (QED) is 0.616. The first-order valence-electron chi connectivity index (χ1n) is 9.38. The molecule has 0 radical (unpaired) electrons. The summed E-state index contributed by atoms with van der Waals surface area (Å²) in [5.41, 5.74) is 8.25. The fourth-order valence-corrected chi connectivity index (χ4v) is 3.73. The van der Waals surface area contributed by atoms with Crippen LogP contribution in [0, 0.1) is 5.82 Å². The van der Waals surface area contributed by atoms with Gasteiger partial charge in [0, 0.05) is 30.3 Å². The molecule has 0 aliphatic heterocycles. The van der Waals surface area contributed by atoms with Gasteiger partial charge in [0.1, 0.15) is 5.82 Å². The van der Waals surface area contributed by atoms with Crippen LogP contribution in [-0.2, 0) is 11.8 Å². The second kappa shape index (κ2) is 8.79. The van der Waals surface area contributed by atoms with Crippen molar-refractivity contribution in [2.24, 2.45) is 10.7 Å². The van der Waals surface area contributed by atoms with E-state index in [1.54, 1.807) is 18.3 Å². The number of nitrogens with one attached hydrogen (secondary N) is 1. The Hall–Kier alpha value is -2.43. The maximum atomic E-state index is 13.3. The van der Waals surface area contributed by atoms with Crippen molar-refractivity contribution in [3.05, 3.63) is 65.7 Å². The molecular formula is C21H27FN4. The highest BCUT2D eigenvalue weighted by Gasteiger charge is 2.33. The van der Waals surface area contributed by atoms with Gasteiger partial charge in [-0.2, -0.15) is 0 Å². The van der Waals surface area contributed by atoms with Gasteiger partial charge in [-0.05, 0) is 42.7 Å². The van der Waals surface area contributed by atoms with Gasteiger partial charge in [0.2, 0.25) is 0 Å². The number of rotatable bonds is 6. The molecule has 3 rings (SSSR count). The number of nitrogens with two attached hydrogens (primary N) is 1. The molecule has 4 nitrogen and oxygen atoms in total. The lowest BCUT2D eigenvalue weighted by atomic mass is 9.69. The molecule has 1 fully saturated rings. The molecule has 1 heterocycles. The van der Waals surface area contributed by atoms with Crippen LogP contribution in [0.3, 0.4) is 0 Å². The van der Waals surface area contributed by atoms with Crippen LogP contribution in [0.2, 0.25) is 0 Å². The summed E-state index contributed by atoms with van der Waals surface area (Å²) in [5, 5.41) is 3.18. The first-order valence-corrected chi connectivity index (χ1v) is 9.38. The Morgan fingerprint density at radius 3 is 2.58 bits per heavy atom. The maximum absolute atomic E-state index is 13.3. The van der Waals surface area contributed by atoms with Gasteiger partial charge in [0.25, 0.3) is 0 Å². The maximum Gasteiger partial charge on any atom is 0.188 e. The fraction of sp³-hybridized carbons (Fsp3) is 0.429. The van der Waals surface area contributed by atoms with E-state index in [9.17, 15) is 4.39 Å². The van der Waals surface area contributed by atoms with Gasteiger partial charge in [0.15, 0.2) is 5.96 Å². The van der Waals surface area contributed by atoms with Crippen LogP contribution in [0.4, 0.5) is 4.39 Å². The lowest BCUT2D eigenvalue weighted by molar-refractivity contribution is 0.301. The molecule has 1 saturated carbocycles.